The van der Waals surface area contributed by atoms with Crippen molar-refractivity contribution in [2.75, 3.05) is 9.80 Å². The van der Waals surface area contributed by atoms with Gasteiger partial charge < -0.3 is 18.9 Å². The molecule has 0 saturated heterocycles. The summed E-state index contributed by atoms with van der Waals surface area (Å²) in [5.74, 6) is 0. The van der Waals surface area contributed by atoms with Crippen LogP contribution in [-0.2, 0) is 21.7 Å². The van der Waals surface area contributed by atoms with Crippen molar-refractivity contribution in [3.63, 3.8) is 0 Å². The average Bonchev–Trinajstić information content (AvgIpc) is 0.971. The van der Waals surface area contributed by atoms with Crippen LogP contribution in [0.3, 0.4) is 0 Å². The molecule has 121 heavy (non-hydrogen) atoms. The first-order valence-electron chi connectivity index (χ1n) is 42.3. The second-order valence-electron chi connectivity index (χ2n) is 37.1. The fraction of sp³-hybridized carbons (Fsp3) is 0.140. The number of aromatic nitrogens is 2. The Kier molecular flexibility index (Phi) is 18.0. The van der Waals surface area contributed by atoms with Crippen LogP contribution in [0.4, 0.5) is 39.8 Å². The SMILES string of the molecule is [C-]#[N+]c1ccccc1-c1cc(-c2ccc(C(C)(C)C)cc2)cc(-c2ccc(C(C)(C)C)cc2)c1N1c2cc(-n3c4ccccc4c4ccccc43)ccc2B2c3ccc(-n4c5ccccc5c5ccccc54)cc3N(c3c(-c4ccc(C(C)(C)C)cc4)cc(-c4ccc(C(C)(C)C)cc4)cc3-c3ccccc3C#N)c3cc(-c4ccccc4)cc1c32. The first kappa shape index (κ1) is 75.5. The van der Waals surface area contributed by atoms with E-state index < -0.39 is 6.71 Å². The highest BCUT2D eigenvalue weighted by Gasteiger charge is 2.47. The Balaban J connectivity index is 0.990. The molecule has 7 heteroatoms. The van der Waals surface area contributed by atoms with E-state index in [2.05, 4.69) is 434 Å². The van der Waals surface area contributed by atoms with Gasteiger partial charge in [-0.1, -0.05) is 338 Å². The van der Waals surface area contributed by atoms with Crippen LogP contribution < -0.4 is 26.2 Å². The number of para-hydroxylation sites is 5. The van der Waals surface area contributed by atoms with Crippen molar-refractivity contribution in [1.29, 1.82) is 5.26 Å². The summed E-state index contributed by atoms with van der Waals surface area (Å²) in [5, 5.41) is 16.5. The fourth-order valence-electron chi connectivity index (χ4n) is 19.1. The quantitative estimate of drug-likeness (QED) is 0.0958. The Hall–Kier alpha value is -14.2. The highest BCUT2D eigenvalue weighted by molar-refractivity contribution is 7.00. The zero-order chi connectivity index (χ0) is 83.1. The van der Waals surface area contributed by atoms with Crippen LogP contribution in [0.25, 0.3) is 138 Å². The zero-order valence-electron chi connectivity index (χ0n) is 70.7. The second-order valence-corrected chi connectivity index (χ2v) is 37.1. The van der Waals surface area contributed by atoms with Gasteiger partial charge in [0.15, 0.2) is 5.69 Å². The van der Waals surface area contributed by atoms with Crippen molar-refractivity contribution in [3.8, 4) is 95.3 Å². The van der Waals surface area contributed by atoms with Crippen molar-refractivity contribution in [2.45, 2.75) is 105 Å². The van der Waals surface area contributed by atoms with E-state index in [-0.39, 0.29) is 21.7 Å². The van der Waals surface area contributed by atoms with E-state index in [0.29, 0.717) is 11.3 Å². The number of anilines is 6. The molecule has 0 unspecified atom stereocenters. The molecule has 0 radical (unpaired) electrons. The van der Waals surface area contributed by atoms with Crippen molar-refractivity contribution < 1.29 is 0 Å². The summed E-state index contributed by atoms with van der Waals surface area (Å²) in [5.41, 5.74) is 35.0. The lowest BCUT2D eigenvalue weighted by atomic mass is 9.33. The molecule has 0 spiro atoms. The molecule has 0 amide bonds. The summed E-state index contributed by atoms with van der Waals surface area (Å²) in [4.78, 5) is 9.72. The van der Waals surface area contributed by atoms with Crippen LogP contribution in [-0.4, -0.2) is 15.8 Å². The lowest BCUT2D eigenvalue weighted by molar-refractivity contribution is 0.590. The number of nitriles is 1. The number of fused-ring (bicyclic) bond motifs is 10. The standard InChI is InChI=1S/C114H93BN6/c1-111(2,3)81-51-43-73(44-52-81)78-63-93(75-47-55-83(56-48-75)113(7,8)9)109(95(65-78)87-32-18-17-31-77(87)71-116)120-104-69-85(118-100-39-25-20-34-89(100)90-35-21-26-40-101(90)118)59-61-97(104)115-98-62-60-86(119-102-41-27-22-36-91(102)92-37-23-28-42-103(92)119)70-105(98)121(107-68-80(67-106(120)108(107)115)72-29-15-14-16-30-72)110-94(76-49-57-84(58-50-76)114(10,11)12)64-79(74-45-53-82(54-46-74)112(4,5)6)66-96(110)88-33-19-24-38-99(88)117-13/h14-70H,1-12H3. The molecular weight excluding hydrogens is 1460 g/mol. The molecule has 0 saturated carbocycles. The van der Waals surface area contributed by atoms with E-state index in [1.807, 2.05) is 24.3 Å². The van der Waals surface area contributed by atoms with Crippen LogP contribution >= 0.6 is 0 Å². The number of hydrogen-bond donors (Lipinski definition) is 0. The first-order valence-corrected chi connectivity index (χ1v) is 42.3. The third-order valence-electron chi connectivity index (χ3n) is 25.4. The Labute approximate surface area is 711 Å². The molecule has 0 N–H and O–H groups in total. The van der Waals surface area contributed by atoms with Gasteiger partial charge in [-0.05, 0) is 207 Å². The maximum Gasteiger partial charge on any atom is 0.252 e. The predicted octanol–water partition coefficient (Wildman–Crippen LogP) is 29.2. The third-order valence-corrected chi connectivity index (χ3v) is 25.4. The molecule has 2 aliphatic rings. The van der Waals surface area contributed by atoms with Crippen molar-refractivity contribution in [3.05, 3.63) is 385 Å². The normalized spacial score (nSPS) is 12.7. The van der Waals surface area contributed by atoms with Crippen LogP contribution in [0.1, 0.15) is 111 Å². The molecule has 6 nitrogen and oxygen atoms in total. The van der Waals surface area contributed by atoms with Gasteiger partial charge in [0, 0.05) is 77.9 Å². The summed E-state index contributed by atoms with van der Waals surface area (Å²) >= 11 is 0. The van der Waals surface area contributed by atoms with Crippen LogP contribution in [0.15, 0.2) is 346 Å². The van der Waals surface area contributed by atoms with E-state index in [1.54, 1.807) is 0 Å². The van der Waals surface area contributed by atoms with E-state index in [0.717, 1.165) is 162 Å². The summed E-state index contributed by atoms with van der Waals surface area (Å²) in [6, 6.07) is 131. The van der Waals surface area contributed by atoms with E-state index in [9.17, 15) is 11.8 Å². The van der Waals surface area contributed by atoms with Gasteiger partial charge in [-0.2, -0.15) is 5.26 Å². The van der Waals surface area contributed by atoms with Crippen molar-refractivity contribution in [1.82, 2.24) is 9.13 Å². The lowest BCUT2D eigenvalue weighted by Gasteiger charge is -2.46. The van der Waals surface area contributed by atoms with Gasteiger partial charge in [-0.3, -0.25) is 0 Å². The van der Waals surface area contributed by atoms with Gasteiger partial charge in [0.05, 0.1) is 51.6 Å². The molecule has 0 atom stereocenters. The van der Waals surface area contributed by atoms with Gasteiger partial charge in [-0.15, -0.1) is 0 Å². The monoisotopic (exact) mass is 1560 g/mol. The van der Waals surface area contributed by atoms with E-state index >= 15 is 0 Å². The molecule has 4 heterocycles. The molecule has 2 aliphatic heterocycles. The minimum atomic E-state index is -0.411. The topological polar surface area (TPSA) is 44.5 Å². The third kappa shape index (κ3) is 12.8. The number of hydrogen-bond acceptors (Lipinski definition) is 3. The lowest BCUT2D eigenvalue weighted by Crippen LogP contribution is -2.61. The maximum absolute atomic E-state index is 11.8. The van der Waals surface area contributed by atoms with Gasteiger partial charge in [0.1, 0.15) is 0 Å². The molecule has 582 valence electrons. The zero-order valence-corrected chi connectivity index (χ0v) is 70.7. The molecule has 0 bridgehead atoms. The Bertz CT molecular complexity index is 6780. The number of nitrogens with zero attached hydrogens (tertiary/aromatic N) is 6. The van der Waals surface area contributed by atoms with Gasteiger partial charge in [0.25, 0.3) is 6.71 Å². The fourth-order valence-corrected chi connectivity index (χ4v) is 19.1. The molecule has 2 aromatic heterocycles. The molecule has 16 aromatic carbocycles. The Morgan fingerprint density at radius 3 is 0.992 bits per heavy atom. The highest BCUT2D eigenvalue weighted by Crippen LogP contribution is 2.57. The highest BCUT2D eigenvalue weighted by atomic mass is 15.2. The molecule has 18 aromatic rings. The van der Waals surface area contributed by atoms with E-state index in [1.165, 1.54) is 43.8 Å². The molecular formula is C114H93BN6. The Morgan fingerprint density at radius 2 is 0.603 bits per heavy atom. The summed E-state index contributed by atoms with van der Waals surface area (Å²) in [6.07, 6.45) is 0. The van der Waals surface area contributed by atoms with Crippen LogP contribution in [0, 0.1) is 17.9 Å². The van der Waals surface area contributed by atoms with Crippen LogP contribution in [0.5, 0.6) is 0 Å². The minimum Gasteiger partial charge on any atom is -0.310 e. The molecule has 20 rings (SSSR count). The van der Waals surface area contributed by atoms with Gasteiger partial charge >= 0.3 is 0 Å². The van der Waals surface area contributed by atoms with Crippen LogP contribution in [0.2, 0.25) is 0 Å². The summed E-state index contributed by atoms with van der Waals surface area (Å²) in [7, 11) is 0. The predicted molar refractivity (Wildman–Crippen MR) is 513 cm³/mol. The minimum absolute atomic E-state index is 0.0812. The van der Waals surface area contributed by atoms with Crippen molar-refractivity contribution >= 4 is 107 Å². The second kappa shape index (κ2) is 28.8. The summed E-state index contributed by atoms with van der Waals surface area (Å²) in [6.45, 7) is 36.2. The maximum atomic E-state index is 11.8. The largest absolute Gasteiger partial charge is 0.310 e. The van der Waals surface area contributed by atoms with Crippen molar-refractivity contribution in [2.24, 2.45) is 0 Å². The summed E-state index contributed by atoms with van der Waals surface area (Å²) < 4.78 is 4.92. The smallest absolute Gasteiger partial charge is 0.252 e. The molecule has 0 fully saturated rings. The van der Waals surface area contributed by atoms with Gasteiger partial charge in [0.2, 0.25) is 0 Å². The molecule has 0 aliphatic carbocycles. The average molecular weight is 1560 g/mol. The number of benzene rings is 16. The Morgan fingerprint density at radius 1 is 0.281 bits per heavy atom. The first-order chi connectivity index (χ1) is 58.5. The van der Waals surface area contributed by atoms with E-state index in [4.69, 9.17) is 0 Å². The number of rotatable bonds is 11. The van der Waals surface area contributed by atoms with Gasteiger partial charge in [-0.25, -0.2) is 4.85 Å².